The topological polar surface area (TPSA) is 46.6 Å². The van der Waals surface area contributed by atoms with Crippen molar-refractivity contribution in [1.82, 2.24) is 0 Å². The van der Waals surface area contributed by atoms with E-state index in [9.17, 15) is 9.59 Å². The van der Waals surface area contributed by atoms with Crippen LogP contribution < -0.4 is 4.90 Å². The smallest absolute Gasteiger partial charge is 0.421 e. The van der Waals surface area contributed by atoms with Gasteiger partial charge in [0, 0.05) is 5.02 Å². The van der Waals surface area contributed by atoms with Crippen molar-refractivity contribution in [1.29, 1.82) is 0 Å². The fourth-order valence-electron chi connectivity index (χ4n) is 1.57. The molecule has 1 fully saturated rings. The van der Waals surface area contributed by atoms with Gasteiger partial charge in [-0.05, 0) is 38.1 Å². The zero-order valence-electron chi connectivity index (χ0n) is 9.57. The van der Waals surface area contributed by atoms with Gasteiger partial charge in [0.15, 0.2) is 0 Å². The fourth-order valence-corrected chi connectivity index (χ4v) is 1.69. The van der Waals surface area contributed by atoms with Gasteiger partial charge in [0.25, 0.3) is 0 Å². The highest BCUT2D eigenvalue weighted by molar-refractivity contribution is 6.30. The maximum absolute atomic E-state index is 12.1. The zero-order chi connectivity index (χ0) is 12.6. The van der Waals surface area contributed by atoms with Crippen LogP contribution in [0.15, 0.2) is 24.3 Å². The van der Waals surface area contributed by atoms with Crippen LogP contribution in [0.2, 0.25) is 5.02 Å². The molecule has 1 aromatic rings. The van der Waals surface area contributed by atoms with Gasteiger partial charge in [-0.25, -0.2) is 9.69 Å². The van der Waals surface area contributed by atoms with E-state index in [2.05, 4.69) is 0 Å². The average molecular weight is 254 g/mol. The molecule has 1 aromatic carbocycles. The zero-order valence-corrected chi connectivity index (χ0v) is 10.3. The fraction of sp³-hybridized carbons (Fsp3) is 0.333. The third-order valence-corrected chi connectivity index (χ3v) is 2.86. The number of rotatable bonds is 1. The molecule has 0 aliphatic carbocycles. The van der Waals surface area contributed by atoms with Crippen molar-refractivity contribution >= 4 is 29.3 Å². The van der Waals surface area contributed by atoms with Crippen LogP contribution in [0.1, 0.15) is 13.8 Å². The van der Waals surface area contributed by atoms with E-state index in [1.807, 2.05) is 0 Å². The minimum Gasteiger partial charge on any atom is -0.448 e. The predicted molar refractivity (Wildman–Crippen MR) is 64.1 cm³/mol. The molecular formula is C12H12ClNO3. The SMILES string of the molecule is CC1(C)COC(=O)N(c2ccc(Cl)cc2)C1=O. The lowest BCUT2D eigenvalue weighted by Crippen LogP contribution is -2.52. The molecule has 1 saturated heterocycles. The maximum Gasteiger partial charge on any atom is 0.421 e. The summed E-state index contributed by atoms with van der Waals surface area (Å²) in [5.41, 5.74) is -0.231. The lowest BCUT2D eigenvalue weighted by molar-refractivity contribution is -0.130. The van der Waals surface area contributed by atoms with Gasteiger partial charge in [0.2, 0.25) is 5.91 Å². The summed E-state index contributed by atoms with van der Waals surface area (Å²) in [5.74, 6) is -0.268. The second kappa shape index (κ2) is 4.04. The summed E-state index contributed by atoms with van der Waals surface area (Å²) in [6.07, 6.45) is -0.642. The highest BCUT2D eigenvalue weighted by Gasteiger charge is 2.42. The van der Waals surface area contributed by atoms with Gasteiger partial charge >= 0.3 is 6.09 Å². The number of carbonyl (C=O) groups excluding carboxylic acids is 2. The Morgan fingerprint density at radius 1 is 1.24 bits per heavy atom. The Kier molecular flexibility index (Phi) is 2.83. The molecule has 0 N–H and O–H groups in total. The van der Waals surface area contributed by atoms with Crippen LogP contribution in [-0.4, -0.2) is 18.6 Å². The number of ether oxygens (including phenoxy) is 1. The van der Waals surface area contributed by atoms with Crippen molar-refractivity contribution in [2.75, 3.05) is 11.5 Å². The Morgan fingerprint density at radius 3 is 2.41 bits per heavy atom. The molecule has 2 rings (SSSR count). The van der Waals surface area contributed by atoms with Crippen LogP contribution in [0.25, 0.3) is 0 Å². The Balaban J connectivity index is 2.38. The van der Waals surface area contributed by atoms with E-state index in [4.69, 9.17) is 16.3 Å². The van der Waals surface area contributed by atoms with E-state index in [-0.39, 0.29) is 12.5 Å². The normalized spacial score (nSPS) is 19.1. The summed E-state index contributed by atoms with van der Waals surface area (Å²) in [5, 5.41) is 0.547. The number of amides is 2. The van der Waals surface area contributed by atoms with Crippen LogP contribution in [0.3, 0.4) is 0 Å². The molecule has 0 saturated carbocycles. The van der Waals surface area contributed by atoms with E-state index < -0.39 is 11.5 Å². The van der Waals surface area contributed by atoms with Crippen LogP contribution >= 0.6 is 11.6 Å². The van der Waals surface area contributed by atoms with E-state index in [1.54, 1.807) is 38.1 Å². The lowest BCUT2D eigenvalue weighted by Gasteiger charge is -2.34. The summed E-state index contributed by atoms with van der Waals surface area (Å²) in [4.78, 5) is 24.8. The molecule has 90 valence electrons. The van der Waals surface area contributed by atoms with Gasteiger partial charge in [-0.2, -0.15) is 0 Å². The molecule has 17 heavy (non-hydrogen) atoms. The van der Waals surface area contributed by atoms with Crippen molar-refractivity contribution in [2.45, 2.75) is 13.8 Å². The number of carbonyl (C=O) groups is 2. The molecule has 2 amide bonds. The molecular weight excluding hydrogens is 242 g/mol. The Morgan fingerprint density at radius 2 is 1.82 bits per heavy atom. The van der Waals surface area contributed by atoms with Gasteiger partial charge in [0.1, 0.15) is 6.61 Å². The molecule has 1 heterocycles. The van der Waals surface area contributed by atoms with Gasteiger partial charge in [-0.3, -0.25) is 4.79 Å². The number of hydrogen-bond donors (Lipinski definition) is 0. The molecule has 1 aliphatic rings. The second-order valence-corrected chi connectivity index (χ2v) is 4.99. The molecule has 4 nitrogen and oxygen atoms in total. The van der Waals surface area contributed by atoms with Crippen molar-refractivity contribution in [3.8, 4) is 0 Å². The number of halogens is 1. The van der Waals surface area contributed by atoms with E-state index >= 15 is 0 Å². The Bertz CT molecular complexity index is 467. The first-order valence-electron chi connectivity index (χ1n) is 5.19. The second-order valence-electron chi connectivity index (χ2n) is 4.56. The minimum atomic E-state index is -0.701. The summed E-state index contributed by atoms with van der Waals surface area (Å²) in [6, 6.07) is 6.48. The summed E-state index contributed by atoms with van der Waals surface area (Å²) < 4.78 is 4.99. The average Bonchev–Trinajstić information content (AvgIpc) is 2.28. The largest absolute Gasteiger partial charge is 0.448 e. The molecule has 1 aliphatic heterocycles. The molecule has 0 spiro atoms. The predicted octanol–water partition coefficient (Wildman–Crippen LogP) is 2.85. The lowest BCUT2D eigenvalue weighted by atomic mass is 9.91. The number of anilines is 1. The first kappa shape index (κ1) is 11.9. The van der Waals surface area contributed by atoms with Crippen LogP contribution in [0, 0.1) is 5.41 Å². The third kappa shape index (κ3) is 2.13. The maximum atomic E-state index is 12.1. The van der Waals surface area contributed by atoms with Crippen molar-refractivity contribution in [3.05, 3.63) is 29.3 Å². The first-order chi connectivity index (χ1) is 7.92. The molecule has 0 aromatic heterocycles. The Hall–Kier alpha value is -1.55. The van der Waals surface area contributed by atoms with Gasteiger partial charge in [-0.15, -0.1) is 0 Å². The number of cyclic esters (lactones) is 1. The van der Waals surface area contributed by atoms with Crippen molar-refractivity contribution < 1.29 is 14.3 Å². The molecule has 0 bridgehead atoms. The standard InChI is InChI=1S/C12H12ClNO3/c1-12(2)7-17-11(16)14(10(12)15)9-5-3-8(13)4-6-9/h3-6H,7H2,1-2H3. The van der Waals surface area contributed by atoms with Gasteiger partial charge in [-0.1, -0.05) is 11.6 Å². The van der Waals surface area contributed by atoms with Crippen LogP contribution in [0.5, 0.6) is 0 Å². The molecule has 0 atom stereocenters. The van der Waals surface area contributed by atoms with Crippen LogP contribution in [0.4, 0.5) is 10.5 Å². The highest BCUT2D eigenvalue weighted by Crippen LogP contribution is 2.29. The summed E-state index contributed by atoms with van der Waals surface area (Å²) >= 11 is 5.76. The summed E-state index contributed by atoms with van der Waals surface area (Å²) in [7, 11) is 0. The number of benzene rings is 1. The van der Waals surface area contributed by atoms with Crippen LogP contribution in [-0.2, 0) is 9.53 Å². The number of hydrogen-bond acceptors (Lipinski definition) is 3. The van der Waals surface area contributed by atoms with Gasteiger partial charge < -0.3 is 4.74 Å². The van der Waals surface area contributed by atoms with Crippen molar-refractivity contribution in [3.63, 3.8) is 0 Å². The number of imide groups is 1. The molecule has 5 heteroatoms. The summed E-state index contributed by atoms with van der Waals surface area (Å²) in [6.45, 7) is 3.59. The van der Waals surface area contributed by atoms with Crippen molar-refractivity contribution in [2.24, 2.45) is 5.41 Å². The molecule has 0 radical (unpaired) electrons. The number of nitrogens with zero attached hydrogens (tertiary/aromatic N) is 1. The monoisotopic (exact) mass is 253 g/mol. The quantitative estimate of drug-likeness (QED) is 0.773. The van der Waals surface area contributed by atoms with Gasteiger partial charge in [0.05, 0.1) is 11.1 Å². The molecule has 0 unspecified atom stereocenters. The third-order valence-electron chi connectivity index (χ3n) is 2.61. The van der Waals surface area contributed by atoms with E-state index in [0.29, 0.717) is 10.7 Å². The minimum absolute atomic E-state index is 0.106. The van der Waals surface area contributed by atoms with E-state index in [1.165, 1.54) is 0 Å². The first-order valence-corrected chi connectivity index (χ1v) is 5.56. The Labute approximate surface area is 104 Å². The van der Waals surface area contributed by atoms with E-state index in [0.717, 1.165) is 4.90 Å². The highest BCUT2D eigenvalue weighted by atomic mass is 35.5.